The van der Waals surface area contributed by atoms with Crippen molar-refractivity contribution in [2.24, 2.45) is 10.3 Å². The largest absolute Gasteiger partial charge is 0.573 e. The number of carbonyl (C=O) groups is 1. The second-order valence-corrected chi connectivity index (χ2v) is 6.56. The molecule has 2 aromatic carbocycles. The molecule has 0 bridgehead atoms. The number of rotatable bonds is 8. The molecular weight excluding hydrogens is 453 g/mol. The molecule has 0 aromatic heterocycles. The maximum Gasteiger partial charge on any atom is 0.573 e. The maximum absolute atomic E-state index is 14.2. The molecule has 0 atom stereocenters. The summed E-state index contributed by atoms with van der Waals surface area (Å²) >= 11 is 0. The van der Waals surface area contributed by atoms with E-state index < -0.39 is 35.2 Å². The predicted octanol–water partition coefficient (Wildman–Crippen LogP) is 4.21. The number of alkyl halides is 3. The van der Waals surface area contributed by atoms with Gasteiger partial charge in [-0.3, -0.25) is 4.79 Å². The average molecular weight is 473 g/mol. The van der Waals surface area contributed by atoms with E-state index in [0.29, 0.717) is 28.8 Å². The molecule has 12 heteroatoms. The summed E-state index contributed by atoms with van der Waals surface area (Å²) in [6, 6.07) is 5.77. The molecule has 0 aliphatic rings. The highest BCUT2D eigenvalue weighted by Gasteiger charge is 2.33. The van der Waals surface area contributed by atoms with Gasteiger partial charge in [-0.05, 0) is 19.4 Å². The maximum atomic E-state index is 14.2. The Morgan fingerprint density at radius 1 is 1.15 bits per heavy atom. The van der Waals surface area contributed by atoms with Crippen molar-refractivity contribution in [1.82, 2.24) is 5.32 Å². The molecular formula is C21H20F5N3O4. The zero-order valence-corrected chi connectivity index (χ0v) is 18.0. The summed E-state index contributed by atoms with van der Waals surface area (Å²) < 4.78 is 69.3. The minimum atomic E-state index is -5.18. The highest BCUT2D eigenvalue weighted by Crippen LogP contribution is 2.30. The minimum Gasteiger partial charge on any atom is -0.405 e. The Morgan fingerprint density at radius 3 is 2.45 bits per heavy atom. The van der Waals surface area contributed by atoms with Gasteiger partial charge in [0.15, 0.2) is 5.71 Å². The molecule has 0 heterocycles. The van der Waals surface area contributed by atoms with Gasteiger partial charge >= 0.3 is 6.36 Å². The Hall–Kier alpha value is -3.70. The van der Waals surface area contributed by atoms with Crippen LogP contribution < -0.4 is 10.1 Å². The number of oxime groups is 2. The first-order valence-electron chi connectivity index (χ1n) is 9.32. The van der Waals surface area contributed by atoms with E-state index in [0.717, 1.165) is 0 Å². The normalized spacial score (nSPS) is 12.4. The lowest BCUT2D eigenvalue weighted by molar-refractivity contribution is -0.274. The highest BCUT2D eigenvalue weighted by molar-refractivity contribution is 6.45. The standard InChI is InChI=1S/C21H20F5N3O4/c1-11-6-5-7-14(19(29-31-4)20(30)27-3)15(11)10-32-28-12(2)18-16(23)8-13(22)9-17(18)33-21(24,25)26/h5-9H,10H2,1-4H3,(H,27,30)/b28-12+,29-19+. The number of nitrogens with zero attached hydrogens (tertiary/aromatic N) is 2. The second-order valence-electron chi connectivity index (χ2n) is 6.56. The number of hydrogen-bond acceptors (Lipinski definition) is 6. The lowest BCUT2D eigenvalue weighted by Crippen LogP contribution is -2.29. The summed E-state index contributed by atoms with van der Waals surface area (Å²) in [5, 5.41) is 9.82. The fourth-order valence-electron chi connectivity index (χ4n) is 2.88. The Balaban J connectivity index is 2.39. The molecule has 0 unspecified atom stereocenters. The number of carbonyl (C=O) groups excluding carboxylic acids is 1. The van der Waals surface area contributed by atoms with Crippen molar-refractivity contribution in [2.45, 2.75) is 26.8 Å². The molecule has 0 fully saturated rings. The van der Waals surface area contributed by atoms with Gasteiger partial charge in [-0.25, -0.2) is 8.78 Å². The molecule has 0 radical (unpaired) electrons. The Labute approximate surface area is 185 Å². The number of ether oxygens (including phenoxy) is 1. The van der Waals surface area contributed by atoms with Crippen LogP contribution in [-0.2, 0) is 21.1 Å². The van der Waals surface area contributed by atoms with E-state index in [1.54, 1.807) is 25.1 Å². The Morgan fingerprint density at radius 2 is 1.85 bits per heavy atom. The van der Waals surface area contributed by atoms with E-state index in [9.17, 15) is 26.7 Å². The first-order valence-corrected chi connectivity index (χ1v) is 9.32. The van der Waals surface area contributed by atoms with Gasteiger partial charge in [0, 0.05) is 30.3 Å². The van der Waals surface area contributed by atoms with Crippen molar-refractivity contribution >= 4 is 17.3 Å². The number of nitrogens with one attached hydrogen (secondary N) is 1. The van der Waals surface area contributed by atoms with Crippen molar-refractivity contribution in [3.05, 3.63) is 64.2 Å². The molecule has 0 saturated carbocycles. The van der Waals surface area contributed by atoms with Gasteiger partial charge in [-0.2, -0.15) is 0 Å². The third-order valence-corrected chi connectivity index (χ3v) is 4.31. The molecule has 178 valence electrons. The van der Waals surface area contributed by atoms with Gasteiger partial charge in [-0.15, -0.1) is 13.2 Å². The third kappa shape index (κ3) is 6.64. The molecule has 0 aliphatic heterocycles. The fourth-order valence-corrected chi connectivity index (χ4v) is 2.88. The first kappa shape index (κ1) is 25.6. The summed E-state index contributed by atoms with van der Waals surface area (Å²) in [4.78, 5) is 22.1. The van der Waals surface area contributed by atoms with Crippen LogP contribution >= 0.6 is 0 Å². The number of hydrogen-bond donors (Lipinski definition) is 1. The monoisotopic (exact) mass is 473 g/mol. The van der Waals surface area contributed by atoms with Crippen molar-refractivity contribution < 1.29 is 41.2 Å². The van der Waals surface area contributed by atoms with Gasteiger partial charge < -0.3 is 19.7 Å². The number of halogens is 5. The van der Waals surface area contributed by atoms with Crippen LogP contribution in [0.3, 0.4) is 0 Å². The van der Waals surface area contributed by atoms with Crippen LogP contribution in [0.15, 0.2) is 40.6 Å². The van der Waals surface area contributed by atoms with Crippen LogP contribution in [0.5, 0.6) is 5.75 Å². The summed E-state index contributed by atoms with van der Waals surface area (Å²) in [6.07, 6.45) is -5.18. The number of amides is 1. The van der Waals surface area contributed by atoms with Crippen LogP contribution in [0.4, 0.5) is 22.0 Å². The molecule has 0 saturated heterocycles. The smallest absolute Gasteiger partial charge is 0.405 e. The average Bonchev–Trinajstić information content (AvgIpc) is 2.71. The molecule has 1 amide bonds. The van der Waals surface area contributed by atoms with Crippen LogP contribution in [0, 0.1) is 18.6 Å². The molecule has 0 spiro atoms. The van der Waals surface area contributed by atoms with E-state index in [2.05, 4.69) is 20.4 Å². The molecule has 33 heavy (non-hydrogen) atoms. The molecule has 0 aliphatic carbocycles. The SMILES string of the molecule is CNC(=O)/C(=N/OC)c1cccc(C)c1CO/N=C(\C)c1c(F)cc(F)cc1OC(F)(F)F. The fraction of sp³-hybridized carbons (Fsp3) is 0.286. The van der Waals surface area contributed by atoms with Crippen LogP contribution in [0.1, 0.15) is 29.2 Å². The van der Waals surface area contributed by atoms with Crippen LogP contribution in [0.2, 0.25) is 0 Å². The third-order valence-electron chi connectivity index (χ3n) is 4.31. The summed E-state index contributed by atoms with van der Waals surface area (Å²) in [5.74, 6) is -4.21. The van der Waals surface area contributed by atoms with E-state index >= 15 is 0 Å². The van der Waals surface area contributed by atoms with E-state index in [4.69, 9.17) is 9.68 Å². The molecule has 2 rings (SSSR count). The van der Waals surface area contributed by atoms with Gasteiger partial charge in [0.25, 0.3) is 5.91 Å². The van der Waals surface area contributed by atoms with Crippen LogP contribution in [-0.4, -0.2) is 37.9 Å². The first-order chi connectivity index (χ1) is 15.5. The van der Waals surface area contributed by atoms with Crippen molar-refractivity contribution in [3.8, 4) is 5.75 Å². The minimum absolute atomic E-state index is 0.0477. The quantitative estimate of drug-likeness (QED) is 0.354. The van der Waals surface area contributed by atoms with Gasteiger partial charge in [0.05, 0.1) is 11.3 Å². The second kappa shape index (κ2) is 10.7. The molecule has 1 N–H and O–H groups in total. The van der Waals surface area contributed by atoms with Crippen LogP contribution in [0.25, 0.3) is 0 Å². The van der Waals surface area contributed by atoms with Crippen molar-refractivity contribution in [1.29, 1.82) is 0 Å². The highest BCUT2D eigenvalue weighted by atomic mass is 19.4. The predicted molar refractivity (Wildman–Crippen MR) is 109 cm³/mol. The van der Waals surface area contributed by atoms with E-state index in [1.165, 1.54) is 21.1 Å². The number of aryl methyl sites for hydroxylation is 1. The summed E-state index contributed by atoms with van der Waals surface area (Å²) in [6.45, 7) is 2.64. The Bertz CT molecular complexity index is 1080. The van der Waals surface area contributed by atoms with Gasteiger partial charge in [0.1, 0.15) is 31.1 Å². The van der Waals surface area contributed by atoms with E-state index in [-0.39, 0.29) is 18.0 Å². The van der Waals surface area contributed by atoms with E-state index in [1.807, 2.05) is 0 Å². The lowest BCUT2D eigenvalue weighted by Gasteiger charge is -2.15. The lowest BCUT2D eigenvalue weighted by atomic mass is 9.98. The molecule has 2 aromatic rings. The zero-order valence-electron chi connectivity index (χ0n) is 18.0. The van der Waals surface area contributed by atoms with Crippen molar-refractivity contribution in [2.75, 3.05) is 14.2 Å². The molecule has 7 nitrogen and oxygen atoms in total. The summed E-state index contributed by atoms with van der Waals surface area (Å²) in [7, 11) is 2.67. The Kier molecular flexibility index (Phi) is 8.32. The van der Waals surface area contributed by atoms with Gasteiger partial charge in [0.2, 0.25) is 0 Å². The topological polar surface area (TPSA) is 81.5 Å². The van der Waals surface area contributed by atoms with Crippen molar-refractivity contribution in [3.63, 3.8) is 0 Å². The number of likely N-dealkylation sites (N-methyl/N-ethyl adjacent to an activating group) is 1. The number of benzene rings is 2. The summed E-state index contributed by atoms with van der Waals surface area (Å²) in [5.41, 5.74) is 0.415. The van der Waals surface area contributed by atoms with Gasteiger partial charge in [-0.1, -0.05) is 28.5 Å². The zero-order chi connectivity index (χ0) is 24.8.